The van der Waals surface area contributed by atoms with Gasteiger partial charge in [0, 0.05) is 10.6 Å². The number of furan rings is 1. The van der Waals surface area contributed by atoms with Crippen molar-refractivity contribution in [2.75, 3.05) is 14.2 Å². The van der Waals surface area contributed by atoms with Crippen LogP contribution in [0, 0.1) is 0 Å². The van der Waals surface area contributed by atoms with Crippen molar-refractivity contribution < 1.29 is 33.0 Å². The number of esters is 1. The first-order chi connectivity index (χ1) is 16.9. The van der Waals surface area contributed by atoms with Crippen LogP contribution in [0.2, 0.25) is 5.02 Å². The molecule has 0 atom stereocenters. The van der Waals surface area contributed by atoms with Gasteiger partial charge in [0.1, 0.15) is 18.1 Å². The molecule has 10 heteroatoms. The van der Waals surface area contributed by atoms with Crippen LogP contribution in [0.15, 0.2) is 64.7 Å². The summed E-state index contributed by atoms with van der Waals surface area (Å²) in [6.45, 7) is 0.113. The van der Waals surface area contributed by atoms with Crippen molar-refractivity contribution in [3.8, 4) is 11.5 Å². The number of ether oxygens (including phenoxy) is 3. The number of carbonyl (C=O) groups excluding carboxylic acids is 3. The van der Waals surface area contributed by atoms with E-state index in [-0.39, 0.29) is 30.4 Å². The highest BCUT2D eigenvalue weighted by Gasteiger charge is 2.34. The summed E-state index contributed by atoms with van der Waals surface area (Å²) in [7, 11) is 2.73. The minimum Gasteiger partial charge on any atom is -0.493 e. The number of hydrogen-bond acceptors (Lipinski definition) is 7. The Morgan fingerprint density at radius 1 is 1.09 bits per heavy atom. The van der Waals surface area contributed by atoms with Crippen LogP contribution in [0.4, 0.5) is 4.79 Å². The molecule has 1 saturated heterocycles. The maximum absolute atomic E-state index is 12.8. The summed E-state index contributed by atoms with van der Waals surface area (Å²) < 4.78 is 21.2. The summed E-state index contributed by atoms with van der Waals surface area (Å²) in [6.07, 6.45) is 1.53. The lowest BCUT2D eigenvalue weighted by Crippen LogP contribution is -2.30. The zero-order valence-corrected chi connectivity index (χ0v) is 19.6. The van der Waals surface area contributed by atoms with Crippen LogP contribution >= 0.6 is 11.6 Å². The van der Waals surface area contributed by atoms with Crippen molar-refractivity contribution in [3.63, 3.8) is 0 Å². The number of urea groups is 1. The third-order valence-corrected chi connectivity index (χ3v) is 5.53. The molecular formula is C25H21ClN2O7. The maximum Gasteiger partial charge on any atom is 0.373 e. The number of carbonyl (C=O) groups is 3. The lowest BCUT2D eigenvalue weighted by molar-refractivity contribution is -0.123. The number of imide groups is 1. The first-order valence-electron chi connectivity index (χ1n) is 10.5. The van der Waals surface area contributed by atoms with Crippen LogP contribution in [-0.2, 0) is 22.7 Å². The molecule has 0 radical (unpaired) electrons. The van der Waals surface area contributed by atoms with Crippen LogP contribution in [0.5, 0.6) is 11.5 Å². The number of rotatable bonds is 8. The standard InChI is InChI=1S/C25H21ClN2O7/c1-32-22-12-15(7-9-20(22)34-14-16-5-3-4-6-18(16)26)11-19-23(29)28(25(31)27-19)13-17-8-10-21(35-17)24(30)33-2/h3-12H,13-14H2,1-2H3,(H,27,31)/b19-11-. The Labute approximate surface area is 205 Å². The lowest BCUT2D eigenvalue weighted by atomic mass is 10.1. The second kappa shape index (κ2) is 10.4. The molecular weight excluding hydrogens is 476 g/mol. The Balaban J connectivity index is 1.47. The molecule has 9 nitrogen and oxygen atoms in total. The third-order valence-electron chi connectivity index (χ3n) is 5.16. The summed E-state index contributed by atoms with van der Waals surface area (Å²) in [6, 6.07) is 14.8. The normalized spacial score (nSPS) is 14.3. The summed E-state index contributed by atoms with van der Waals surface area (Å²) in [4.78, 5) is 37.7. The molecule has 0 spiro atoms. The zero-order valence-electron chi connectivity index (χ0n) is 18.9. The first kappa shape index (κ1) is 23.9. The molecule has 35 heavy (non-hydrogen) atoms. The van der Waals surface area contributed by atoms with Gasteiger partial charge in [-0.15, -0.1) is 0 Å². The van der Waals surface area contributed by atoms with E-state index in [0.29, 0.717) is 22.1 Å². The molecule has 0 bridgehead atoms. The Morgan fingerprint density at radius 2 is 1.89 bits per heavy atom. The van der Waals surface area contributed by atoms with Crippen molar-refractivity contribution >= 4 is 35.6 Å². The summed E-state index contributed by atoms with van der Waals surface area (Å²) in [5.74, 6) is 0.000530. The van der Waals surface area contributed by atoms with E-state index in [1.165, 1.54) is 32.4 Å². The highest BCUT2D eigenvalue weighted by Crippen LogP contribution is 2.31. The van der Waals surface area contributed by atoms with Crippen LogP contribution in [0.3, 0.4) is 0 Å². The lowest BCUT2D eigenvalue weighted by Gasteiger charge is -2.12. The average Bonchev–Trinajstić information content (AvgIpc) is 3.44. The van der Waals surface area contributed by atoms with Gasteiger partial charge in [0.25, 0.3) is 5.91 Å². The molecule has 1 aliphatic heterocycles. The van der Waals surface area contributed by atoms with Gasteiger partial charge in [0.15, 0.2) is 11.5 Å². The van der Waals surface area contributed by atoms with E-state index in [1.807, 2.05) is 18.2 Å². The van der Waals surface area contributed by atoms with Crippen molar-refractivity contribution in [2.45, 2.75) is 13.2 Å². The van der Waals surface area contributed by atoms with Gasteiger partial charge in [0.2, 0.25) is 5.76 Å². The van der Waals surface area contributed by atoms with Crippen LogP contribution in [0.1, 0.15) is 27.4 Å². The number of hydrogen-bond donors (Lipinski definition) is 1. The van der Waals surface area contributed by atoms with E-state index >= 15 is 0 Å². The van der Waals surface area contributed by atoms with Gasteiger partial charge in [-0.05, 0) is 42.0 Å². The molecule has 0 aliphatic carbocycles. The van der Waals surface area contributed by atoms with Gasteiger partial charge in [-0.3, -0.25) is 9.69 Å². The van der Waals surface area contributed by atoms with E-state index in [0.717, 1.165) is 10.5 Å². The molecule has 3 amide bonds. The SMILES string of the molecule is COC(=O)c1ccc(CN2C(=O)N/C(=C\c3ccc(OCc4ccccc4Cl)c(OC)c3)C2=O)o1. The van der Waals surface area contributed by atoms with Crippen LogP contribution in [0.25, 0.3) is 6.08 Å². The third kappa shape index (κ3) is 5.30. The van der Waals surface area contributed by atoms with Crippen LogP contribution in [-0.4, -0.2) is 37.0 Å². The summed E-state index contributed by atoms with van der Waals surface area (Å²) in [5.41, 5.74) is 1.53. The molecule has 1 fully saturated rings. The minimum absolute atomic E-state index is 0.0192. The molecule has 2 heterocycles. The van der Waals surface area contributed by atoms with Crippen molar-refractivity contribution in [2.24, 2.45) is 0 Å². The number of amides is 3. The molecule has 4 rings (SSSR count). The van der Waals surface area contributed by atoms with E-state index in [1.54, 1.807) is 24.3 Å². The molecule has 1 aliphatic rings. The number of nitrogens with one attached hydrogen (secondary N) is 1. The Bertz CT molecular complexity index is 1310. The summed E-state index contributed by atoms with van der Waals surface area (Å²) in [5, 5.41) is 3.15. The van der Waals surface area contributed by atoms with Gasteiger partial charge in [-0.25, -0.2) is 9.59 Å². The van der Waals surface area contributed by atoms with E-state index in [2.05, 4.69) is 10.1 Å². The summed E-state index contributed by atoms with van der Waals surface area (Å²) >= 11 is 6.18. The Kier molecular flexibility index (Phi) is 7.07. The van der Waals surface area contributed by atoms with Gasteiger partial charge in [0.05, 0.1) is 20.8 Å². The zero-order chi connectivity index (χ0) is 24.9. The fourth-order valence-electron chi connectivity index (χ4n) is 3.38. The predicted molar refractivity (Wildman–Crippen MR) is 126 cm³/mol. The van der Waals surface area contributed by atoms with E-state index in [9.17, 15) is 14.4 Å². The smallest absolute Gasteiger partial charge is 0.373 e. The first-order valence-corrected chi connectivity index (χ1v) is 10.8. The molecule has 1 aromatic heterocycles. The van der Waals surface area contributed by atoms with Crippen LogP contribution < -0.4 is 14.8 Å². The van der Waals surface area contributed by atoms with Gasteiger partial charge in [-0.1, -0.05) is 35.9 Å². The van der Waals surface area contributed by atoms with E-state index < -0.39 is 17.9 Å². The van der Waals surface area contributed by atoms with Gasteiger partial charge < -0.3 is 23.9 Å². The minimum atomic E-state index is -0.651. The second-order valence-electron chi connectivity index (χ2n) is 7.43. The second-order valence-corrected chi connectivity index (χ2v) is 7.83. The topological polar surface area (TPSA) is 107 Å². The Morgan fingerprint density at radius 3 is 2.63 bits per heavy atom. The quantitative estimate of drug-likeness (QED) is 0.280. The average molecular weight is 497 g/mol. The predicted octanol–water partition coefficient (Wildman–Crippen LogP) is 4.40. The van der Waals surface area contributed by atoms with E-state index in [4.69, 9.17) is 25.5 Å². The number of benzene rings is 2. The number of halogens is 1. The molecule has 2 aromatic carbocycles. The fraction of sp³-hybridized carbons (Fsp3) is 0.160. The van der Waals surface area contributed by atoms with Crippen molar-refractivity contribution in [1.29, 1.82) is 0 Å². The molecule has 0 unspecified atom stereocenters. The number of methoxy groups -OCH3 is 2. The Hall–Kier alpha value is -4.24. The largest absolute Gasteiger partial charge is 0.493 e. The molecule has 3 aromatic rings. The molecule has 1 N–H and O–H groups in total. The maximum atomic E-state index is 12.8. The van der Waals surface area contributed by atoms with Crippen molar-refractivity contribution in [3.05, 3.63) is 88.0 Å². The molecule has 180 valence electrons. The van der Waals surface area contributed by atoms with Gasteiger partial charge >= 0.3 is 12.0 Å². The highest BCUT2D eigenvalue weighted by atomic mass is 35.5. The number of nitrogens with zero attached hydrogens (tertiary/aromatic N) is 1. The fourth-order valence-corrected chi connectivity index (χ4v) is 3.57. The monoisotopic (exact) mass is 496 g/mol. The molecule has 0 saturated carbocycles. The van der Waals surface area contributed by atoms with Crippen molar-refractivity contribution in [1.82, 2.24) is 10.2 Å². The van der Waals surface area contributed by atoms with Gasteiger partial charge in [-0.2, -0.15) is 0 Å². The highest BCUT2D eigenvalue weighted by molar-refractivity contribution is 6.31.